The molecule has 0 amide bonds. The molecule has 0 fully saturated rings. The Morgan fingerprint density at radius 3 is 2.47 bits per heavy atom. The number of nitrogens with zero attached hydrogens (tertiary/aromatic N) is 1. The number of benzene rings is 1. The third-order valence-electron chi connectivity index (χ3n) is 3.14. The number of aliphatic carboxylic acids is 1. The molecule has 0 saturated carbocycles. The molecule has 0 aromatic heterocycles. The van der Waals surface area contributed by atoms with E-state index in [2.05, 4.69) is 0 Å². The number of carbonyl (C=O) groups is 1. The number of likely N-dealkylation sites (N-methyl/N-ethyl adjacent to an activating group) is 1. The summed E-state index contributed by atoms with van der Waals surface area (Å²) in [7, 11) is 1.76. The van der Waals surface area contributed by atoms with Crippen molar-refractivity contribution in [2.75, 3.05) is 7.05 Å². The van der Waals surface area contributed by atoms with Crippen LogP contribution in [-0.4, -0.2) is 34.2 Å². The molecule has 0 aliphatic rings. The molecule has 0 radical (unpaired) electrons. The zero-order chi connectivity index (χ0) is 13.0. The highest BCUT2D eigenvalue weighted by Crippen LogP contribution is 2.31. The smallest absolute Gasteiger partial charge is 0.320 e. The van der Waals surface area contributed by atoms with Crippen molar-refractivity contribution in [1.29, 1.82) is 0 Å². The topological polar surface area (TPSA) is 60.8 Å². The molecule has 0 heterocycles. The second-order valence-electron chi connectivity index (χ2n) is 4.16. The van der Waals surface area contributed by atoms with Gasteiger partial charge in [0, 0.05) is 11.6 Å². The zero-order valence-corrected chi connectivity index (χ0v) is 10.4. The van der Waals surface area contributed by atoms with Gasteiger partial charge in [0.15, 0.2) is 0 Å². The first-order valence-electron chi connectivity index (χ1n) is 5.71. The van der Waals surface area contributed by atoms with Crippen LogP contribution in [0, 0.1) is 0 Å². The lowest BCUT2D eigenvalue weighted by Gasteiger charge is -2.31. The molecule has 1 aromatic carbocycles. The summed E-state index contributed by atoms with van der Waals surface area (Å²) in [4.78, 5) is 12.7. The SMILES string of the molecule is CCC(c1ccccc1O)N(C)C(C)C(=O)O. The van der Waals surface area contributed by atoms with Crippen molar-refractivity contribution in [3.8, 4) is 5.75 Å². The van der Waals surface area contributed by atoms with Crippen molar-refractivity contribution in [3.63, 3.8) is 0 Å². The molecule has 0 bridgehead atoms. The Labute approximate surface area is 101 Å². The van der Waals surface area contributed by atoms with Crippen LogP contribution in [0.1, 0.15) is 31.9 Å². The summed E-state index contributed by atoms with van der Waals surface area (Å²) >= 11 is 0. The van der Waals surface area contributed by atoms with Crippen LogP contribution in [0.25, 0.3) is 0 Å². The summed E-state index contributed by atoms with van der Waals surface area (Å²) in [5.41, 5.74) is 0.769. The Balaban J connectivity index is 3.00. The molecular weight excluding hydrogens is 218 g/mol. The van der Waals surface area contributed by atoms with E-state index in [4.69, 9.17) is 5.11 Å². The number of phenolic OH excluding ortho intramolecular Hbond substituents is 1. The highest BCUT2D eigenvalue weighted by Gasteiger charge is 2.25. The molecule has 0 saturated heterocycles. The third-order valence-corrected chi connectivity index (χ3v) is 3.14. The lowest BCUT2D eigenvalue weighted by Crippen LogP contribution is -2.38. The Morgan fingerprint density at radius 2 is 2.00 bits per heavy atom. The molecule has 1 aromatic rings. The maximum atomic E-state index is 11.0. The summed E-state index contributed by atoms with van der Waals surface area (Å²) in [6.07, 6.45) is 0.742. The minimum atomic E-state index is -0.860. The van der Waals surface area contributed by atoms with E-state index < -0.39 is 12.0 Å². The average Bonchev–Trinajstić information content (AvgIpc) is 2.31. The second kappa shape index (κ2) is 5.68. The van der Waals surface area contributed by atoms with Crippen molar-refractivity contribution in [3.05, 3.63) is 29.8 Å². The Hall–Kier alpha value is -1.55. The van der Waals surface area contributed by atoms with Gasteiger partial charge in [0.1, 0.15) is 11.8 Å². The lowest BCUT2D eigenvalue weighted by atomic mass is 10.0. The van der Waals surface area contributed by atoms with E-state index in [1.165, 1.54) is 0 Å². The number of phenols is 1. The fourth-order valence-corrected chi connectivity index (χ4v) is 1.94. The number of hydrogen-bond donors (Lipinski definition) is 2. The molecule has 0 spiro atoms. The lowest BCUT2D eigenvalue weighted by molar-refractivity contribution is -0.143. The average molecular weight is 237 g/mol. The van der Waals surface area contributed by atoms with Crippen molar-refractivity contribution in [2.24, 2.45) is 0 Å². The van der Waals surface area contributed by atoms with Crippen LogP contribution < -0.4 is 0 Å². The van der Waals surface area contributed by atoms with Crippen LogP contribution in [-0.2, 0) is 4.79 Å². The van der Waals surface area contributed by atoms with Gasteiger partial charge in [0.25, 0.3) is 0 Å². The number of para-hydroxylation sites is 1. The molecule has 0 aliphatic heterocycles. The molecule has 4 nitrogen and oxygen atoms in total. The number of carboxylic acid groups (broad SMARTS) is 1. The minimum Gasteiger partial charge on any atom is -0.508 e. The monoisotopic (exact) mass is 237 g/mol. The fourth-order valence-electron chi connectivity index (χ4n) is 1.94. The van der Waals surface area contributed by atoms with E-state index in [1.807, 2.05) is 19.1 Å². The van der Waals surface area contributed by atoms with Crippen LogP contribution in [0.5, 0.6) is 5.75 Å². The maximum absolute atomic E-state index is 11.0. The summed E-state index contributed by atoms with van der Waals surface area (Å²) in [5, 5.41) is 18.8. The highest BCUT2D eigenvalue weighted by atomic mass is 16.4. The van der Waals surface area contributed by atoms with Crippen LogP contribution >= 0.6 is 0 Å². The van der Waals surface area contributed by atoms with Gasteiger partial charge in [-0.1, -0.05) is 25.1 Å². The normalized spacial score (nSPS) is 14.6. The summed E-state index contributed by atoms with van der Waals surface area (Å²) in [5.74, 6) is -0.648. The van der Waals surface area contributed by atoms with Gasteiger partial charge in [0.2, 0.25) is 0 Å². The Bertz CT molecular complexity index is 392. The first kappa shape index (κ1) is 13.5. The van der Waals surface area contributed by atoms with Crippen molar-refractivity contribution < 1.29 is 15.0 Å². The van der Waals surface area contributed by atoms with E-state index in [9.17, 15) is 9.90 Å². The quantitative estimate of drug-likeness (QED) is 0.824. The summed E-state index contributed by atoms with van der Waals surface area (Å²) in [6.45, 7) is 3.62. The van der Waals surface area contributed by atoms with Crippen molar-refractivity contribution in [2.45, 2.75) is 32.4 Å². The van der Waals surface area contributed by atoms with Gasteiger partial charge in [-0.2, -0.15) is 0 Å². The highest BCUT2D eigenvalue weighted by molar-refractivity contribution is 5.72. The molecule has 4 heteroatoms. The van der Waals surface area contributed by atoms with E-state index >= 15 is 0 Å². The minimum absolute atomic E-state index is 0.0951. The Kier molecular flexibility index (Phi) is 4.52. The van der Waals surface area contributed by atoms with E-state index in [-0.39, 0.29) is 11.8 Å². The molecule has 2 N–H and O–H groups in total. The van der Waals surface area contributed by atoms with Crippen LogP contribution in [0.3, 0.4) is 0 Å². The number of carboxylic acids is 1. The van der Waals surface area contributed by atoms with Gasteiger partial charge in [-0.05, 0) is 26.5 Å². The largest absolute Gasteiger partial charge is 0.508 e. The summed E-state index contributed by atoms with van der Waals surface area (Å²) in [6, 6.07) is 6.37. The number of aromatic hydroxyl groups is 1. The van der Waals surface area contributed by atoms with Gasteiger partial charge in [-0.3, -0.25) is 9.69 Å². The van der Waals surface area contributed by atoms with Crippen molar-refractivity contribution >= 4 is 5.97 Å². The van der Waals surface area contributed by atoms with Crippen LogP contribution in [0.4, 0.5) is 0 Å². The van der Waals surface area contributed by atoms with Gasteiger partial charge < -0.3 is 10.2 Å². The van der Waals surface area contributed by atoms with Crippen LogP contribution in [0.15, 0.2) is 24.3 Å². The fraction of sp³-hybridized carbons (Fsp3) is 0.462. The Morgan fingerprint density at radius 1 is 1.41 bits per heavy atom. The zero-order valence-electron chi connectivity index (χ0n) is 10.4. The second-order valence-corrected chi connectivity index (χ2v) is 4.16. The molecule has 1 rings (SSSR count). The summed E-state index contributed by atoms with van der Waals surface area (Å²) < 4.78 is 0. The molecule has 2 unspecified atom stereocenters. The number of hydrogen-bond acceptors (Lipinski definition) is 3. The third kappa shape index (κ3) is 2.97. The van der Waals surface area contributed by atoms with Crippen molar-refractivity contribution in [1.82, 2.24) is 4.90 Å². The molecule has 94 valence electrons. The molecule has 17 heavy (non-hydrogen) atoms. The predicted octanol–water partition coefficient (Wildman–Crippen LogP) is 2.25. The standard InChI is InChI=1S/C13H19NO3/c1-4-11(14(3)9(2)13(16)17)10-7-5-6-8-12(10)15/h5-9,11,15H,4H2,1-3H3,(H,16,17). The van der Waals surface area contributed by atoms with Gasteiger partial charge in [-0.15, -0.1) is 0 Å². The first-order valence-corrected chi connectivity index (χ1v) is 5.71. The molecule has 2 atom stereocenters. The number of rotatable bonds is 5. The van der Waals surface area contributed by atoms with Gasteiger partial charge in [0.05, 0.1) is 0 Å². The van der Waals surface area contributed by atoms with Gasteiger partial charge >= 0.3 is 5.97 Å². The van der Waals surface area contributed by atoms with E-state index in [0.29, 0.717) is 0 Å². The van der Waals surface area contributed by atoms with E-state index in [1.54, 1.807) is 31.0 Å². The van der Waals surface area contributed by atoms with E-state index in [0.717, 1.165) is 12.0 Å². The first-order chi connectivity index (χ1) is 7.99. The maximum Gasteiger partial charge on any atom is 0.320 e. The molecule has 0 aliphatic carbocycles. The van der Waals surface area contributed by atoms with Gasteiger partial charge in [-0.25, -0.2) is 0 Å². The molecular formula is C13H19NO3. The van der Waals surface area contributed by atoms with Crippen LogP contribution in [0.2, 0.25) is 0 Å². The predicted molar refractivity (Wildman–Crippen MR) is 66.0 cm³/mol.